The molecule has 2 aromatic carbocycles. The lowest BCUT2D eigenvalue weighted by Gasteiger charge is -2.08. The van der Waals surface area contributed by atoms with Gasteiger partial charge in [0.1, 0.15) is 11.6 Å². The first-order chi connectivity index (χ1) is 8.22. The fourth-order valence-corrected chi connectivity index (χ4v) is 2.01. The first-order valence-electron chi connectivity index (χ1n) is 5.39. The average molecular weight is 295 g/mol. The van der Waals surface area contributed by atoms with Gasteiger partial charge in [-0.15, -0.1) is 0 Å². The van der Waals surface area contributed by atoms with E-state index in [2.05, 4.69) is 15.9 Å². The van der Waals surface area contributed by atoms with Gasteiger partial charge in [-0.2, -0.15) is 0 Å². The predicted molar refractivity (Wildman–Crippen MR) is 70.7 cm³/mol. The van der Waals surface area contributed by atoms with Crippen molar-refractivity contribution in [3.05, 3.63) is 52.8 Å². The third-order valence-electron chi connectivity index (χ3n) is 2.41. The summed E-state index contributed by atoms with van der Waals surface area (Å²) in [6.45, 7) is 2.52. The third kappa shape index (κ3) is 2.67. The van der Waals surface area contributed by atoms with E-state index in [9.17, 15) is 4.39 Å². The quantitative estimate of drug-likeness (QED) is 0.800. The maximum Gasteiger partial charge on any atom is 0.145 e. The van der Waals surface area contributed by atoms with E-state index in [1.165, 1.54) is 0 Å². The molecule has 0 atom stereocenters. The Hall–Kier alpha value is -1.35. The van der Waals surface area contributed by atoms with Gasteiger partial charge in [-0.25, -0.2) is 4.39 Å². The van der Waals surface area contributed by atoms with Crippen LogP contribution in [-0.4, -0.2) is 6.61 Å². The Morgan fingerprint density at radius 2 is 1.94 bits per heavy atom. The van der Waals surface area contributed by atoms with Crippen LogP contribution in [0.25, 0.3) is 11.1 Å². The van der Waals surface area contributed by atoms with Gasteiger partial charge in [0.15, 0.2) is 0 Å². The fourth-order valence-electron chi connectivity index (χ4n) is 1.65. The zero-order chi connectivity index (χ0) is 12.3. The Bertz CT molecular complexity index is 525. The summed E-state index contributed by atoms with van der Waals surface area (Å²) in [5.41, 5.74) is 1.38. The first kappa shape index (κ1) is 12.1. The highest BCUT2D eigenvalue weighted by Gasteiger charge is 2.08. The van der Waals surface area contributed by atoms with Gasteiger partial charge in [0.25, 0.3) is 0 Å². The third-order valence-corrected chi connectivity index (χ3v) is 3.02. The molecule has 0 amide bonds. The highest BCUT2D eigenvalue weighted by Crippen LogP contribution is 2.29. The zero-order valence-corrected chi connectivity index (χ0v) is 11.0. The summed E-state index contributed by atoms with van der Waals surface area (Å²) in [6.07, 6.45) is 0. The summed E-state index contributed by atoms with van der Waals surface area (Å²) in [6, 6.07) is 12.7. The fraction of sp³-hybridized carbons (Fsp3) is 0.143. The van der Waals surface area contributed by atoms with E-state index in [-0.39, 0.29) is 5.82 Å². The summed E-state index contributed by atoms with van der Waals surface area (Å²) in [4.78, 5) is 0. The van der Waals surface area contributed by atoms with Crippen LogP contribution in [0.15, 0.2) is 46.9 Å². The van der Waals surface area contributed by atoms with Crippen LogP contribution in [-0.2, 0) is 0 Å². The number of halogens is 2. The summed E-state index contributed by atoms with van der Waals surface area (Å²) < 4.78 is 19.8. The molecule has 0 bridgehead atoms. The molecule has 0 aromatic heterocycles. The van der Waals surface area contributed by atoms with Crippen LogP contribution in [0.1, 0.15) is 6.92 Å². The maximum atomic E-state index is 13.9. The molecule has 0 aliphatic carbocycles. The van der Waals surface area contributed by atoms with Gasteiger partial charge >= 0.3 is 0 Å². The smallest absolute Gasteiger partial charge is 0.145 e. The predicted octanol–water partition coefficient (Wildman–Crippen LogP) is 4.65. The molecule has 0 N–H and O–H groups in total. The van der Waals surface area contributed by atoms with Gasteiger partial charge in [-0.05, 0) is 46.6 Å². The van der Waals surface area contributed by atoms with Crippen molar-refractivity contribution in [3.63, 3.8) is 0 Å². The van der Waals surface area contributed by atoms with Gasteiger partial charge in [-0.3, -0.25) is 0 Å². The molecule has 0 unspecified atom stereocenters. The zero-order valence-electron chi connectivity index (χ0n) is 9.41. The van der Waals surface area contributed by atoms with Gasteiger partial charge < -0.3 is 4.74 Å². The van der Waals surface area contributed by atoms with Crippen LogP contribution in [0, 0.1) is 5.82 Å². The highest BCUT2D eigenvalue weighted by atomic mass is 79.9. The van der Waals surface area contributed by atoms with Crippen molar-refractivity contribution in [3.8, 4) is 16.9 Å². The molecule has 0 spiro atoms. The normalized spacial score (nSPS) is 10.3. The largest absolute Gasteiger partial charge is 0.494 e. The number of rotatable bonds is 3. The Balaban J connectivity index is 2.45. The molecule has 0 saturated heterocycles. The van der Waals surface area contributed by atoms with Crippen molar-refractivity contribution in [1.82, 2.24) is 0 Å². The molecule has 0 radical (unpaired) electrons. The maximum absolute atomic E-state index is 13.9. The molecule has 0 saturated carbocycles. The molecule has 3 heteroatoms. The molecule has 0 aliphatic rings. The lowest BCUT2D eigenvalue weighted by Crippen LogP contribution is -1.92. The van der Waals surface area contributed by atoms with Crippen LogP contribution in [0.5, 0.6) is 5.75 Å². The molecule has 0 fully saturated rings. The van der Waals surface area contributed by atoms with Crippen LogP contribution in [0.4, 0.5) is 4.39 Å². The molecule has 2 aromatic rings. The van der Waals surface area contributed by atoms with E-state index >= 15 is 0 Å². The number of benzene rings is 2. The topological polar surface area (TPSA) is 9.23 Å². The van der Waals surface area contributed by atoms with E-state index in [1.807, 2.05) is 37.3 Å². The molecular weight excluding hydrogens is 283 g/mol. The molecule has 17 heavy (non-hydrogen) atoms. The molecule has 0 aliphatic heterocycles. The Labute approximate surface area is 108 Å². The van der Waals surface area contributed by atoms with Gasteiger partial charge in [0.2, 0.25) is 0 Å². The molecule has 1 nitrogen and oxygen atoms in total. The Morgan fingerprint density at radius 1 is 1.18 bits per heavy atom. The number of hydrogen-bond acceptors (Lipinski definition) is 1. The van der Waals surface area contributed by atoms with Gasteiger partial charge in [0, 0.05) is 5.56 Å². The lowest BCUT2D eigenvalue weighted by atomic mass is 10.1. The Kier molecular flexibility index (Phi) is 3.79. The van der Waals surface area contributed by atoms with Crippen LogP contribution < -0.4 is 4.74 Å². The van der Waals surface area contributed by atoms with Gasteiger partial charge in [0.05, 0.1) is 11.1 Å². The van der Waals surface area contributed by atoms with E-state index in [0.717, 1.165) is 11.3 Å². The summed E-state index contributed by atoms with van der Waals surface area (Å²) >= 11 is 3.19. The monoisotopic (exact) mass is 294 g/mol. The summed E-state index contributed by atoms with van der Waals surface area (Å²) in [5.74, 6) is 0.505. The molecule has 0 heterocycles. The standard InChI is InChI=1S/C14H12BrFO/c1-2-17-11-6-3-5-10(9-11)12-7-4-8-13(15)14(12)16/h3-9H,2H2,1H3. The lowest BCUT2D eigenvalue weighted by molar-refractivity contribution is 0.340. The number of hydrogen-bond donors (Lipinski definition) is 0. The second-order valence-corrected chi connectivity index (χ2v) is 4.42. The minimum atomic E-state index is -0.249. The van der Waals surface area contributed by atoms with E-state index < -0.39 is 0 Å². The van der Waals surface area contributed by atoms with Crippen molar-refractivity contribution in [2.75, 3.05) is 6.61 Å². The van der Waals surface area contributed by atoms with Crippen molar-refractivity contribution in [2.24, 2.45) is 0 Å². The van der Waals surface area contributed by atoms with Gasteiger partial charge in [-0.1, -0.05) is 24.3 Å². The summed E-state index contributed by atoms with van der Waals surface area (Å²) in [7, 11) is 0. The van der Waals surface area contributed by atoms with Crippen LogP contribution in [0.2, 0.25) is 0 Å². The van der Waals surface area contributed by atoms with E-state index in [4.69, 9.17) is 4.74 Å². The van der Waals surface area contributed by atoms with E-state index in [1.54, 1.807) is 12.1 Å². The average Bonchev–Trinajstić information content (AvgIpc) is 2.33. The Morgan fingerprint density at radius 3 is 2.71 bits per heavy atom. The molecule has 2 rings (SSSR count). The minimum absolute atomic E-state index is 0.249. The second kappa shape index (κ2) is 5.32. The highest BCUT2D eigenvalue weighted by molar-refractivity contribution is 9.10. The molecule has 88 valence electrons. The van der Waals surface area contributed by atoms with Crippen molar-refractivity contribution < 1.29 is 9.13 Å². The van der Waals surface area contributed by atoms with Crippen LogP contribution >= 0.6 is 15.9 Å². The minimum Gasteiger partial charge on any atom is -0.494 e. The van der Waals surface area contributed by atoms with Crippen molar-refractivity contribution in [1.29, 1.82) is 0 Å². The van der Waals surface area contributed by atoms with Crippen molar-refractivity contribution >= 4 is 15.9 Å². The molecular formula is C14H12BrFO. The number of ether oxygens (including phenoxy) is 1. The SMILES string of the molecule is CCOc1cccc(-c2cccc(Br)c2F)c1. The van der Waals surface area contributed by atoms with Crippen molar-refractivity contribution in [2.45, 2.75) is 6.92 Å². The second-order valence-electron chi connectivity index (χ2n) is 3.56. The van der Waals surface area contributed by atoms with Crippen LogP contribution in [0.3, 0.4) is 0 Å². The van der Waals surface area contributed by atoms with E-state index in [0.29, 0.717) is 16.6 Å². The first-order valence-corrected chi connectivity index (χ1v) is 6.19. The summed E-state index contributed by atoms with van der Waals surface area (Å²) in [5, 5.41) is 0.